The maximum atomic E-state index is 13.5. The highest BCUT2D eigenvalue weighted by Crippen LogP contribution is 2.42. The lowest BCUT2D eigenvalue weighted by Gasteiger charge is -2.11. The number of nitrogens with zero attached hydrogens (tertiary/aromatic N) is 1. The summed E-state index contributed by atoms with van der Waals surface area (Å²) in [6.45, 7) is 1.73. The van der Waals surface area contributed by atoms with Crippen LogP contribution >= 0.6 is 12.4 Å². The summed E-state index contributed by atoms with van der Waals surface area (Å²) in [6, 6.07) is 2.81. The van der Waals surface area contributed by atoms with E-state index >= 15 is 0 Å². The summed E-state index contributed by atoms with van der Waals surface area (Å²) in [4.78, 5) is 23.2. The summed E-state index contributed by atoms with van der Waals surface area (Å²) >= 11 is 0. The summed E-state index contributed by atoms with van der Waals surface area (Å²) in [6.07, 6.45) is 3.01. The van der Waals surface area contributed by atoms with Gasteiger partial charge in [0, 0.05) is 6.20 Å². The Labute approximate surface area is 120 Å². The molecule has 0 spiro atoms. The van der Waals surface area contributed by atoms with Crippen LogP contribution in [0.15, 0.2) is 23.1 Å². The van der Waals surface area contributed by atoms with Crippen molar-refractivity contribution in [2.24, 2.45) is 0 Å². The van der Waals surface area contributed by atoms with Gasteiger partial charge in [0.25, 0.3) is 5.56 Å². The predicted molar refractivity (Wildman–Crippen MR) is 74.5 cm³/mol. The van der Waals surface area contributed by atoms with Crippen LogP contribution in [-0.4, -0.2) is 15.5 Å². The molecule has 1 fully saturated rings. The Bertz CT molecular complexity index is 765. The molecule has 0 aliphatic heterocycles. The fourth-order valence-corrected chi connectivity index (χ4v) is 2.49. The Morgan fingerprint density at radius 2 is 2.05 bits per heavy atom. The van der Waals surface area contributed by atoms with Gasteiger partial charge in [0.2, 0.25) is 0 Å². The highest BCUT2D eigenvalue weighted by atomic mass is 35.5. The Hall–Kier alpha value is -1.88. The molecule has 4 nitrogen and oxygen atoms in total. The Balaban J connectivity index is 0.00000147. The maximum absolute atomic E-state index is 13.5. The molecular formula is C14H13ClFNO3. The first-order valence-corrected chi connectivity index (χ1v) is 6.07. The van der Waals surface area contributed by atoms with E-state index in [2.05, 4.69) is 0 Å². The first kappa shape index (κ1) is 14.5. The minimum absolute atomic E-state index is 0. The Morgan fingerprint density at radius 1 is 1.40 bits per heavy atom. The zero-order valence-electron chi connectivity index (χ0n) is 10.7. The number of halogens is 2. The van der Waals surface area contributed by atoms with Crippen molar-refractivity contribution >= 4 is 23.9 Å². The normalized spacial score (nSPS) is 14.1. The summed E-state index contributed by atoms with van der Waals surface area (Å²) in [5, 5.41) is 9.08. The van der Waals surface area contributed by atoms with Gasteiger partial charge < -0.3 is 5.11 Å². The molecule has 2 heterocycles. The van der Waals surface area contributed by atoms with Gasteiger partial charge in [-0.3, -0.25) is 9.20 Å². The van der Waals surface area contributed by atoms with Crippen molar-refractivity contribution < 1.29 is 14.3 Å². The SMILES string of the molecule is Cc1cc(F)cn2c(=O)c(C(=O)O)cc(C3CC3)c12.Cl. The molecule has 6 heteroatoms. The van der Waals surface area contributed by atoms with Gasteiger partial charge in [0.1, 0.15) is 11.4 Å². The van der Waals surface area contributed by atoms with Crippen molar-refractivity contribution in [2.75, 3.05) is 0 Å². The van der Waals surface area contributed by atoms with E-state index < -0.39 is 17.3 Å². The van der Waals surface area contributed by atoms with Crippen LogP contribution in [0.3, 0.4) is 0 Å². The second-order valence-corrected chi connectivity index (χ2v) is 4.96. The zero-order valence-corrected chi connectivity index (χ0v) is 11.5. The van der Waals surface area contributed by atoms with E-state index in [0.29, 0.717) is 11.1 Å². The molecule has 106 valence electrons. The van der Waals surface area contributed by atoms with Crippen molar-refractivity contribution in [3.63, 3.8) is 0 Å². The van der Waals surface area contributed by atoms with Crippen molar-refractivity contribution in [3.8, 4) is 0 Å². The van der Waals surface area contributed by atoms with E-state index in [-0.39, 0.29) is 23.9 Å². The molecule has 1 aliphatic carbocycles. The molecule has 2 aromatic rings. The molecule has 0 aromatic carbocycles. The molecule has 20 heavy (non-hydrogen) atoms. The van der Waals surface area contributed by atoms with Crippen LogP contribution in [0.2, 0.25) is 0 Å². The first-order valence-electron chi connectivity index (χ1n) is 6.07. The fraction of sp³-hybridized carbons (Fsp3) is 0.286. The average Bonchev–Trinajstić information content (AvgIpc) is 3.13. The van der Waals surface area contributed by atoms with Gasteiger partial charge in [0.05, 0.1) is 5.52 Å². The van der Waals surface area contributed by atoms with Gasteiger partial charge in [-0.2, -0.15) is 0 Å². The average molecular weight is 298 g/mol. The van der Waals surface area contributed by atoms with Gasteiger partial charge in [-0.05, 0) is 48.9 Å². The molecule has 1 saturated carbocycles. The largest absolute Gasteiger partial charge is 0.477 e. The lowest BCUT2D eigenvalue weighted by atomic mass is 10.0. The lowest BCUT2D eigenvalue weighted by molar-refractivity contribution is 0.0694. The quantitative estimate of drug-likeness (QED) is 0.927. The van der Waals surface area contributed by atoms with Crippen LogP contribution < -0.4 is 5.56 Å². The zero-order chi connectivity index (χ0) is 13.7. The highest BCUT2D eigenvalue weighted by molar-refractivity contribution is 5.88. The molecule has 0 unspecified atom stereocenters. The molecule has 2 aromatic heterocycles. The number of carboxylic acid groups (broad SMARTS) is 1. The van der Waals surface area contributed by atoms with E-state index in [1.807, 2.05) is 0 Å². The van der Waals surface area contributed by atoms with Gasteiger partial charge in [0.15, 0.2) is 0 Å². The number of fused-ring (bicyclic) bond motifs is 1. The standard InChI is InChI=1S/C14H12FNO3.ClH/c1-7-4-9(15)6-16-12(7)10(8-2-3-8)5-11(13(16)17)14(18)19;/h4-6,8H,2-3H2,1H3,(H,18,19);1H. The van der Waals surface area contributed by atoms with Crippen molar-refractivity contribution in [3.05, 3.63) is 51.2 Å². The van der Waals surface area contributed by atoms with E-state index in [0.717, 1.165) is 29.0 Å². The number of hydrogen-bond acceptors (Lipinski definition) is 2. The minimum atomic E-state index is -1.27. The second-order valence-electron chi connectivity index (χ2n) is 4.96. The third-order valence-corrected chi connectivity index (χ3v) is 3.49. The number of rotatable bonds is 2. The van der Waals surface area contributed by atoms with Crippen LogP contribution in [0.4, 0.5) is 4.39 Å². The fourth-order valence-electron chi connectivity index (χ4n) is 2.49. The molecular weight excluding hydrogens is 285 g/mol. The number of aryl methyl sites for hydroxylation is 1. The molecule has 1 aliphatic rings. The van der Waals surface area contributed by atoms with Crippen LogP contribution in [0, 0.1) is 12.7 Å². The molecule has 0 radical (unpaired) electrons. The number of aromatic nitrogens is 1. The summed E-state index contributed by atoms with van der Waals surface area (Å²) in [7, 11) is 0. The molecule has 1 N–H and O–H groups in total. The van der Waals surface area contributed by atoms with E-state index in [4.69, 9.17) is 5.11 Å². The van der Waals surface area contributed by atoms with E-state index in [1.165, 1.54) is 12.1 Å². The molecule has 0 amide bonds. The van der Waals surface area contributed by atoms with Gasteiger partial charge in [-0.1, -0.05) is 0 Å². The molecule has 0 saturated heterocycles. The molecule has 0 bridgehead atoms. The summed E-state index contributed by atoms with van der Waals surface area (Å²) in [5.41, 5.74) is 1.13. The number of carbonyl (C=O) groups is 1. The molecule has 0 atom stereocenters. The molecule has 3 rings (SSSR count). The number of aromatic carboxylic acids is 1. The third kappa shape index (κ3) is 2.18. The van der Waals surface area contributed by atoms with Crippen molar-refractivity contribution in [1.29, 1.82) is 0 Å². The van der Waals surface area contributed by atoms with Crippen molar-refractivity contribution in [1.82, 2.24) is 4.40 Å². The number of hydrogen-bond donors (Lipinski definition) is 1. The van der Waals surface area contributed by atoms with Gasteiger partial charge in [-0.15, -0.1) is 12.4 Å². The highest BCUT2D eigenvalue weighted by Gasteiger charge is 2.28. The third-order valence-electron chi connectivity index (χ3n) is 3.49. The van der Waals surface area contributed by atoms with Crippen LogP contribution in [0.5, 0.6) is 0 Å². The van der Waals surface area contributed by atoms with Gasteiger partial charge >= 0.3 is 5.97 Å². The summed E-state index contributed by atoms with van der Waals surface area (Å²) < 4.78 is 14.6. The van der Waals surface area contributed by atoms with Crippen molar-refractivity contribution in [2.45, 2.75) is 25.7 Å². The van der Waals surface area contributed by atoms with Crippen LogP contribution in [-0.2, 0) is 0 Å². The monoisotopic (exact) mass is 297 g/mol. The number of carboxylic acids is 1. The summed E-state index contributed by atoms with van der Waals surface area (Å²) in [5.74, 6) is -1.54. The second kappa shape index (κ2) is 4.90. The smallest absolute Gasteiger partial charge is 0.341 e. The predicted octanol–water partition coefficient (Wildman–Crippen LogP) is 2.74. The van der Waals surface area contributed by atoms with E-state index in [9.17, 15) is 14.0 Å². The topological polar surface area (TPSA) is 58.8 Å². The Morgan fingerprint density at radius 3 is 2.60 bits per heavy atom. The van der Waals surface area contributed by atoms with E-state index in [1.54, 1.807) is 6.92 Å². The minimum Gasteiger partial charge on any atom is -0.477 e. The lowest BCUT2D eigenvalue weighted by Crippen LogP contribution is -2.23. The number of pyridine rings is 2. The van der Waals surface area contributed by atoms with Gasteiger partial charge in [-0.25, -0.2) is 9.18 Å². The Kier molecular flexibility index (Phi) is 3.56. The van der Waals surface area contributed by atoms with Crippen LogP contribution in [0.1, 0.15) is 40.2 Å². The van der Waals surface area contributed by atoms with Crippen LogP contribution in [0.25, 0.3) is 5.52 Å². The first-order chi connectivity index (χ1) is 8.99. The maximum Gasteiger partial charge on any atom is 0.341 e.